The molecule has 4 unspecified atom stereocenters. The number of carboxylic acids is 2. The number of ether oxygens (including phenoxy) is 1. The minimum Gasteiger partial charge on any atom is -0.481 e. The van der Waals surface area contributed by atoms with Crippen LogP contribution in [0.3, 0.4) is 0 Å². The van der Waals surface area contributed by atoms with Gasteiger partial charge in [0.05, 0.1) is 24.7 Å². The van der Waals surface area contributed by atoms with Crippen molar-refractivity contribution in [2.45, 2.75) is 107 Å². The normalized spacial score (nSPS) is 18.6. The molecular weight excluding hydrogens is 440 g/mol. The second-order valence-corrected chi connectivity index (χ2v) is 11.1. The van der Waals surface area contributed by atoms with E-state index in [1.165, 1.54) is 0 Å². The lowest BCUT2D eigenvalue weighted by Crippen LogP contribution is -2.33. The minimum atomic E-state index is -1.05. The smallest absolute Gasteiger partial charge is 0.317 e. The minimum absolute atomic E-state index is 0. The highest BCUT2D eigenvalue weighted by molar-refractivity contribution is 5.95. The van der Waals surface area contributed by atoms with E-state index in [1.807, 2.05) is 13.8 Å². The SMILES string of the molecule is CCC(C)CCC(C)(C)C(CC(=O)O)C(=O)O.CCC(C)CCC(C)(C)C1CC(=O)OC1=O.O. The average Bonchev–Trinajstić information content (AvgIpc) is 3.07. The molecule has 0 aromatic rings. The first-order chi connectivity index (χ1) is 15.1. The van der Waals surface area contributed by atoms with E-state index in [0.717, 1.165) is 38.5 Å². The summed E-state index contributed by atoms with van der Waals surface area (Å²) in [4.78, 5) is 44.4. The lowest BCUT2D eigenvalue weighted by molar-refractivity contribution is -0.154. The molecule has 1 saturated heterocycles. The van der Waals surface area contributed by atoms with Crippen LogP contribution < -0.4 is 0 Å². The molecule has 1 fully saturated rings. The standard InChI is InChI=1S/C13H24O4.C13H22O3.H2O/c1-5-9(2)6-7-13(3,4)10(12(16)17)8-11(14)15;1-5-9(2)6-7-13(3,4)10-8-11(14)16-12(10)15;/h9-10H,5-8H2,1-4H3,(H,14,15)(H,16,17);9-10H,5-8H2,1-4H3;1H2. The van der Waals surface area contributed by atoms with Crippen LogP contribution in [0.25, 0.3) is 0 Å². The Morgan fingerprint density at radius 1 is 0.971 bits per heavy atom. The first-order valence-electron chi connectivity index (χ1n) is 12.3. The van der Waals surface area contributed by atoms with E-state index in [1.54, 1.807) is 0 Å². The molecule has 0 amide bonds. The molecule has 1 aliphatic heterocycles. The maximum Gasteiger partial charge on any atom is 0.317 e. The van der Waals surface area contributed by atoms with E-state index < -0.39 is 23.3 Å². The van der Waals surface area contributed by atoms with Gasteiger partial charge in [-0.15, -0.1) is 0 Å². The highest BCUT2D eigenvalue weighted by Crippen LogP contribution is 2.39. The highest BCUT2D eigenvalue weighted by atomic mass is 16.6. The number of carboxylic acid groups (broad SMARTS) is 2. The van der Waals surface area contributed by atoms with Gasteiger partial charge >= 0.3 is 23.9 Å². The number of hydrogen-bond donors (Lipinski definition) is 2. The van der Waals surface area contributed by atoms with Gasteiger partial charge in [-0.3, -0.25) is 19.2 Å². The highest BCUT2D eigenvalue weighted by Gasteiger charge is 2.43. The van der Waals surface area contributed by atoms with Crippen molar-refractivity contribution in [2.75, 3.05) is 0 Å². The van der Waals surface area contributed by atoms with Crippen molar-refractivity contribution >= 4 is 23.9 Å². The number of hydrogen-bond acceptors (Lipinski definition) is 5. The summed E-state index contributed by atoms with van der Waals surface area (Å²) in [6.45, 7) is 16.4. The maximum atomic E-state index is 11.5. The largest absolute Gasteiger partial charge is 0.481 e. The van der Waals surface area contributed by atoms with Crippen LogP contribution in [0, 0.1) is 34.5 Å². The van der Waals surface area contributed by atoms with E-state index in [9.17, 15) is 19.2 Å². The zero-order valence-electron chi connectivity index (χ0n) is 22.4. The fourth-order valence-corrected chi connectivity index (χ4v) is 3.94. The Morgan fingerprint density at radius 3 is 1.79 bits per heavy atom. The number of carbonyl (C=O) groups excluding carboxylic acids is 2. The Balaban J connectivity index is 0. The fraction of sp³-hybridized carbons (Fsp3) is 0.846. The van der Waals surface area contributed by atoms with Crippen LogP contribution in [0.1, 0.15) is 107 Å². The van der Waals surface area contributed by atoms with Gasteiger partial charge in [-0.25, -0.2) is 0 Å². The van der Waals surface area contributed by atoms with Crippen molar-refractivity contribution in [1.82, 2.24) is 0 Å². The van der Waals surface area contributed by atoms with Crippen molar-refractivity contribution in [3.63, 3.8) is 0 Å². The molecule has 1 aliphatic rings. The van der Waals surface area contributed by atoms with E-state index in [-0.39, 0.29) is 41.6 Å². The summed E-state index contributed by atoms with van der Waals surface area (Å²) in [6, 6.07) is 0. The van der Waals surface area contributed by atoms with Crippen molar-refractivity contribution in [2.24, 2.45) is 34.5 Å². The molecule has 1 heterocycles. The number of esters is 2. The molecule has 4 N–H and O–H groups in total. The molecule has 0 saturated carbocycles. The lowest BCUT2D eigenvalue weighted by Gasteiger charge is -2.31. The third-order valence-electron chi connectivity index (χ3n) is 7.39. The first-order valence-corrected chi connectivity index (χ1v) is 12.3. The Kier molecular flexibility index (Phi) is 15.2. The van der Waals surface area contributed by atoms with Crippen LogP contribution in [0.4, 0.5) is 0 Å². The fourth-order valence-electron chi connectivity index (χ4n) is 3.94. The molecule has 4 atom stereocenters. The van der Waals surface area contributed by atoms with Crippen molar-refractivity contribution in [1.29, 1.82) is 0 Å². The van der Waals surface area contributed by atoms with Gasteiger partial charge in [0.25, 0.3) is 0 Å². The number of rotatable bonds is 13. The van der Waals surface area contributed by atoms with E-state index in [0.29, 0.717) is 11.8 Å². The van der Waals surface area contributed by atoms with Gasteiger partial charge in [-0.2, -0.15) is 0 Å². The van der Waals surface area contributed by atoms with Gasteiger partial charge in [0.15, 0.2) is 0 Å². The zero-order chi connectivity index (χ0) is 26.0. The second kappa shape index (κ2) is 15.1. The van der Waals surface area contributed by atoms with Crippen molar-refractivity contribution in [3.8, 4) is 0 Å². The molecule has 0 bridgehead atoms. The molecule has 34 heavy (non-hydrogen) atoms. The molecule has 1 rings (SSSR count). The molecule has 8 nitrogen and oxygen atoms in total. The Labute approximate surface area is 205 Å². The molecular formula is C26H48O8. The van der Waals surface area contributed by atoms with Crippen molar-refractivity contribution < 1.29 is 39.6 Å². The summed E-state index contributed by atoms with van der Waals surface area (Å²) >= 11 is 0. The molecule has 200 valence electrons. The molecule has 0 aromatic heterocycles. The number of carbonyl (C=O) groups is 4. The lowest BCUT2D eigenvalue weighted by atomic mass is 9.72. The summed E-state index contributed by atoms with van der Waals surface area (Å²) < 4.78 is 4.62. The van der Waals surface area contributed by atoms with Crippen molar-refractivity contribution in [3.05, 3.63) is 0 Å². The Morgan fingerprint density at radius 2 is 1.44 bits per heavy atom. The van der Waals surface area contributed by atoms with Gasteiger partial charge in [-0.05, 0) is 35.5 Å². The molecule has 8 heteroatoms. The molecule has 0 radical (unpaired) electrons. The topological polar surface area (TPSA) is 149 Å². The molecule has 0 aromatic carbocycles. The Hall–Kier alpha value is -1.96. The van der Waals surface area contributed by atoms with Crippen LogP contribution in [-0.4, -0.2) is 39.6 Å². The van der Waals surface area contributed by atoms with Crippen LogP contribution in [0.15, 0.2) is 0 Å². The third-order valence-corrected chi connectivity index (χ3v) is 7.39. The molecule has 0 aliphatic carbocycles. The second-order valence-electron chi connectivity index (χ2n) is 11.1. The van der Waals surface area contributed by atoms with Crippen LogP contribution in [-0.2, 0) is 23.9 Å². The average molecular weight is 489 g/mol. The van der Waals surface area contributed by atoms with E-state index in [4.69, 9.17) is 10.2 Å². The number of aliphatic carboxylic acids is 2. The van der Waals surface area contributed by atoms with Crippen LogP contribution in [0.2, 0.25) is 0 Å². The Bertz CT molecular complexity index is 668. The van der Waals surface area contributed by atoms with E-state index >= 15 is 0 Å². The van der Waals surface area contributed by atoms with Gasteiger partial charge in [0.2, 0.25) is 0 Å². The maximum absolute atomic E-state index is 11.5. The predicted molar refractivity (Wildman–Crippen MR) is 131 cm³/mol. The first kappa shape index (κ1) is 34.2. The zero-order valence-corrected chi connectivity index (χ0v) is 22.4. The van der Waals surface area contributed by atoms with Crippen LogP contribution in [0.5, 0.6) is 0 Å². The van der Waals surface area contributed by atoms with Gasteiger partial charge < -0.3 is 20.4 Å². The van der Waals surface area contributed by atoms with E-state index in [2.05, 4.69) is 46.3 Å². The summed E-state index contributed by atoms with van der Waals surface area (Å²) in [5, 5.41) is 17.9. The summed E-state index contributed by atoms with van der Waals surface area (Å²) in [6.07, 6.45) is 5.92. The summed E-state index contributed by atoms with van der Waals surface area (Å²) in [5.74, 6) is -2.60. The quantitative estimate of drug-likeness (QED) is 0.270. The predicted octanol–water partition coefficient (Wildman–Crippen LogP) is 5.12. The van der Waals surface area contributed by atoms with Gasteiger partial charge in [0, 0.05) is 0 Å². The van der Waals surface area contributed by atoms with Gasteiger partial charge in [0.1, 0.15) is 0 Å². The summed E-state index contributed by atoms with van der Waals surface area (Å²) in [7, 11) is 0. The molecule has 0 spiro atoms. The monoisotopic (exact) mass is 488 g/mol. The summed E-state index contributed by atoms with van der Waals surface area (Å²) in [5.41, 5.74) is -0.611. The van der Waals surface area contributed by atoms with Gasteiger partial charge in [-0.1, -0.05) is 81.1 Å². The van der Waals surface area contributed by atoms with Crippen LogP contribution >= 0.6 is 0 Å². The third kappa shape index (κ3) is 12.0. The number of cyclic esters (lactones) is 2.